The van der Waals surface area contributed by atoms with Gasteiger partial charge in [-0.15, -0.1) is 0 Å². The molecule has 0 saturated carbocycles. The number of hydrogen-bond acceptors (Lipinski definition) is 3. The van der Waals surface area contributed by atoms with E-state index in [4.69, 9.17) is 9.72 Å². The van der Waals surface area contributed by atoms with E-state index in [1.54, 1.807) is 0 Å². The second-order valence-corrected chi connectivity index (χ2v) is 7.05. The van der Waals surface area contributed by atoms with Crippen molar-refractivity contribution < 1.29 is 9.53 Å². The summed E-state index contributed by atoms with van der Waals surface area (Å²) in [6, 6.07) is 20.0. The Hall–Kier alpha value is -2.94. The summed E-state index contributed by atoms with van der Waals surface area (Å²) in [7, 11) is 0. The summed E-state index contributed by atoms with van der Waals surface area (Å²) in [5, 5.41) is 2.66. The first-order valence-corrected chi connectivity index (χ1v) is 9.51. The Morgan fingerprint density at radius 3 is 2.41 bits per heavy atom. The lowest BCUT2D eigenvalue weighted by Crippen LogP contribution is -2.45. The largest absolute Gasteiger partial charge is 0.484 e. The van der Waals surface area contributed by atoms with Crippen molar-refractivity contribution in [2.75, 3.05) is 0 Å². The van der Waals surface area contributed by atoms with Crippen LogP contribution in [0.4, 0.5) is 0 Å². The van der Waals surface area contributed by atoms with Crippen molar-refractivity contribution in [2.24, 2.45) is 5.41 Å². The Balaban J connectivity index is 1.91. The van der Waals surface area contributed by atoms with Gasteiger partial charge in [-0.3, -0.25) is 4.79 Å². The molecule has 1 aromatic heterocycles. The molecule has 1 aliphatic rings. The van der Waals surface area contributed by atoms with Crippen molar-refractivity contribution in [1.82, 2.24) is 4.98 Å². The van der Waals surface area contributed by atoms with Gasteiger partial charge in [0.2, 0.25) is 5.78 Å². The van der Waals surface area contributed by atoms with Gasteiger partial charge in [0.1, 0.15) is 6.61 Å². The fourth-order valence-electron chi connectivity index (χ4n) is 3.75. The zero-order chi connectivity index (χ0) is 18.9. The number of pyridine rings is 1. The minimum atomic E-state index is -0.547. The van der Waals surface area contributed by atoms with Gasteiger partial charge in [0.05, 0.1) is 16.3 Å². The standard InChI is InChI=1S/C24H23NO2/c1-3-24(4-2)15-21-19(14-18-12-8-9-13-20(18)25-21)22(23(24)26)27-16-17-10-6-5-7-11-17/h5-15H,3-4,16H2,1-2H3. The summed E-state index contributed by atoms with van der Waals surface area (Å²) in [6.45, 7) is 4.48. The molecule has 1 heterocycles. The van der Waals surface area contributed by atoms with Crippen molar-refractivity contribution in [2.45, 2.75) is 33.3 Å². The van der Waals surface area contributed by atoms with Gasteiger partial charge in [0, 0.05) is 10.6 Å². The van der Waals surface area contributed by atoms with Gasteiger partial charge < -0.3 is 4.74 Å². The number of nitrogens with zero attached hydrogens (tertiary/aromatic N) is 1. The predicted molar refractivity (Wildman–Crippen MR) is 108 cm³/mol. The van der Waals surface area contributed by atoms with Crippen molar-refractivity contribution in [3.05, 3.63) is 76.8 Å². The third-order valence-corrected chi connectivity index (χ3v) is 5.56. The Morgan fingerprint density at radius 1 is 0.963 bits per heavy atom. The molecule has 136 valence electrons. The van der Waals surface area contributed by atoms with Crippen molar-refractivity contribution in [3.8, 4) is 0 Å². The Kier molecular flexibility index (Phi) is 4.53. The number of ether oxygens (including phenoxy) is 1. The van der Waals surface area contributed by atoms with E-state index in [0.29, 0.717) is 12.4 Å². The molecule has 3 heteroatoms. The van der Waals surface area contributed by atoms with Crippen molar-refractivity contribution in [3.63, 3.8) is 0 Å². The normalized spacial score (nSPS) is 15.3. The van der Waals surface area contributed by atoms with Crippen LogP contribution in [0.2, 0.25) is 0 Å². The van der Waals surface area contributed by atoms with Crippen LogP contribution in [0.15, 0.2) is 60.7 Å². The van der Waals surface area contributed by atoms with E-state index in [1.165, 1.54) is 0 Å². The lowest BCUT2D eigenvalue weighted by molar-refractivity contribution is -0.122. The van der Waals surface area contributed by atoms with Gasteiger partial charge in [-0.05, 0) is 36.6 Å². The zero-order valence-electron chi connectivity index (χ0n) is 15.7. The molecule has 0 bridgehead atoms. The van der Waals surface area contributed by atoms with Crippen molar-refractivity contribution in [1.29, 1.82) is 0 Å². The van der Waals surface area contributed by atoms with Crippen LogP contribution in [0.3, 0.4) is 0 Å². The van der Waals surface area contributed by atoms with Crippen LogP contribution in [0.1, 0.15) is 32.3 Å². The van der Waals surface area contributed by atoms with E-state index in [0.717, 1.165) is 39.9 Å². The molecule has 1 aliphatic carbocycles. The molecule has 3 nitrogen and oxygen atoms in total. The molecular weight excluding hydrogens is 334 g/mol. The molecule has 0 atom stereocenters. The number of benzene rings is 2. The Labute approximate surface area is 159 Å². The Morgan fingerprint density at radius 2 is 1.67 bits per heavy atom. The molecular formula is C24H23NO2. The van der Waals surface area contributed by atoms with Crippen LogP contribution in [0.25, 0.3) is 22.7 Å². The summed E-state index contributed by atoms with van der Waals surface area (Å²) < 4.78 is 6.12. The van der Waals surface area contributed by atoms with E-state index in [1.807, 2.05) is 66.7 Å². The maximum absolute atomic E-state index is 13.4. The lowest BCUT2D eigenvalue weighted by atomic mass is 9.75. The smallest absolute Gasteiger partial charge is 0.208 e. The molecule has 27 heavy (non-hydrogen) atoms. The minimum Gasteiger partial charge on any atom is -0.484 e. The van der Waals surface area contributed by atoms with E-state index in [9.17, 15) is 4.79 Å². The van der Waals surface area contributed by atoms with Gasteiger partial charge >= 0.3 is 0 Å². The highest BCUT2D eigenvalue weighted by atomic mass is 16.5. The van der Waals surface area contributed by atoms with Crippen LogP contribution >= 0.6 is 0 Å². The number of rotatable bonds is 5. The number of fused-ring (bicyclic) bond motifs is 2. The zero-order valence-corrected chi connectivity index (χ0v) is 15.7. The number of aromatic nitrogens is 1. The molecule has 0 spiro atoms. The van der Waals surface area contributed by atoms with Crippen LogP contribution in [0, 0.1) is 5.41 Å². The summed E-state index contributed by atoms with van der Waals surface area (Å²) >= 11 is 0. The van der Waals surface area contributed by atoms with Crippen molar-refractivity contribution >= 4 is 28.5 Å². The van der Waals surface area contributed by atoms with Crippen LogP contribution in [-0.2, 0) is 16.1 Å². The summed E-state index contributed by atoms with van der Waals surface area (Å²) in [5.41, 5.74) is 1.43. The van der Waals surface area contributed by atoms with E-state index >= 15 is 0 Å². The first-order chi connectivity index (χ1) is 13.2. The highest BCUT2D eigenvalue weighted by Crippen LogP contribution is 2.34. The quantitative estimate of drug-likeness (QED) is 0.698. The molecule has 0 N–H and O–H groups in total. The van der Waals surface area contributed by atoms with Gasteiger partial charge in [-0.1, -0.05) is 62.4 Å². The Bertz CT molecular complexity index is 1110. The third-order valence-electron chi connectivity index (χ3n) is 5.56. The fourth-order valence-corrected chi connectivity index (χ4v) is 3.75. The highest BCUT2D eigenvalue weighted by molar-refractivity contribution is 6.18. The summed E-state index contributed by atoms with van der Waals surface area (Å²) in [6.07, 6.45) is 3.51. The minimum absolute atomic E-state index is 0.0630. The number of hydrogen-bond donors (Lipinski definition) is 0. The monoisotopic (exact) mass is 357 g/mol. The maximum atomic E-state index is 13.4. The van der Waals surface area contributed by atoms with Gasteiger partial charge in [0.15, 0.2) is 5.76 Å². The van der Waals surface area contributed by atoms with E-state index < -0.39 is 5.41 Å². The third kappa shape index (κ3) is 3.03. The van der Waals surface area contributed by atoms with Gasteiger partial charge in [-0.2, -0.15) is 0 Å². The topological polar surface area (TPSA) is 39.2 Å². The molecule has 2 aromatic carbocycles. The average Bonchev–Trinajstić information content (AvgIpc) is 2.72. The van der Waals surface area contributed by atoms with Gasteiger partial charge in [0.25, 0.3) is 0 Å². The first kappa shape index (κ1) is 17.5. The van der Waals surface area contributed by atoms with E-state index in [2.05, 4.69) is 13.8 Å². The SMILES string of the molecule is CCC1(CC)C=c2nc3ccccc3cc2=C(OCc2ccccc2)C1=O. The number of ketones is 1. The number of para-hydroxylation sites is 1. The van der Waals surface area contributed by atoms with E-state index in [-0.39, 0.29) is 5.78 Å². The molecule has 3 aromatic rings. The second-order valence-electron chi connectivity index (χ2n) is 7.05. The number of carbonyl (C=O) groups excluding carboxylic acids is 1. The van der Waals surface area contributed by atoms with Crippen LogP contribution in [0.5, 0.6) is 0 Å². The molecule has 0 fully saturated rings. The highest BCUT2D eigenvalue weighted by Gasteiger charge is 2.38. The molecule has 4 rings (SSSR count). The number of carbonyl (C=O) groups is 1. The average molecular weight is 357 g/mol. The first-order valence-electron chi connectivity index (χ1n) is 9.51. The van der Waals surface area contributed by atoms with Crippen LogP contribution < -0.4 is 10.6 Å². The summed E-state index contributed by atoms with van der Waals surface area (Å²) in [4.78, 5) is 18.2. The molecule has 0 saturated heterocycles. The predicted octanol–water partition coefficient (Wildman–Crippen LogP) is 3.73. The second kappa shape index (κ2) is 6.99. The lowest BCUT2D eigenvalue weighted by Gasteiger charge is -2.30. The fraction of sp³-hybridized carbons (Fsp3) is 0.250. The molecule has 0 amide bonds. The molecule has 0 unspecified atom stereocenters. The molecule has 0 radical (unpaired) electrons. The van der Waals surface area contributed by atoms with Gasteiger partial charge in [-0.25, -0.2) is 4.98 Å². The van der Waals surface area contributed by atoms with Crippen LogP contribution in [-0.4, -0.2) is 10.8 Å². The molecule has 0 aliphatic heterocycles. The number of Topliss-reactive ketones (excluding diaryl/α,β-unsaturated/α-hetero) is 1. The maximum Gasteiger partial charge on any atom is 0.208 e. The summed E-state index contributed by atoms with van der Waals surface area (Å²) in [5.74, 6) is 0.506.